The van der Waals surface area contributed by atoms with Crippen molar-refractivity contribution in [3.63, 3.8) is 0 Å². The first-order chi connectivity index (χ1) is 8.22. The normalized spacial score (nSPS) is 11.1. The summed E-state index contributed by atoms with van der Waals surface area (Å²) in [5, 5.41) is 8.48. The minimum Gasteiger partial charge on any atom is -0.478 e. The molecular weight excluding hydrogens is 216 g/mol. The first-order valence-electron chi connectivity index (χ1n) is 6.17. The standard InChI is InChI=1S/C13H20N2O2/c1-2-3-4-5-6-7-12-14-10-11(15-12)8-9-13(16)17/h8-10H,2-7H2,1H3,(H,14,15)(H,16,17). The van der Waals surface area contributed by atoms with E-state index in [1.54, 1.807) is 6.20 Å². The van der Waals surface area contributed by atoms with Crippen LogP contribution in [0.3, 0.4) is 0 Å². The lowest BCUT2D eigenvalue weighted by molar-refractivity contribution is -0.131. The highest BCUT2D eigenvalue weighted by molar-refractivity contribution is 5.84. The Morgan fingerprint density at radius 2 is 2.18 bits per heavy atom. The largest absolute Gasteiger partial charge is 0.478 e. The van der Waals surface area contributed by atoms with Crippen molar-refractivity contribution >= 4 is 12.0 Å². The topological polar surface area (TPSA) is 66.0 Å². The van der Waals surface area contributed by atoms with Gasteiger partial charge in [0, 0.05) is 18.7 Å². The van der Waals surface area contributed by atoms with Crippen LogP contribution in [0.25, 0.3) is 6.08 Å². The molecule has 0 fully saturated rings. The van der Waals surface area contributed by atoms with E-state index in [0.29, 0.717) is 5.69 Å². The van der Waals surface area contributed by atoms with Crippen molar-refractivity contribution in [1.29, 1.82) is 0 Å². The zero-order valence-electron chi connectivity index (χ0n) is 10.3. The van der Waals surface area contributed by atoms with E-state index in [1.807, 2.05) is 0 Å². The number of unbranched alkanes of at least 4 members (excludes halogenated alkanes) is 4. The van der Waals surface area contributed by atoms with Gasteiger partial charge >= 0.3 is 5.97 Å². The third-order valence-electron chi connectivity index (χ3n) is 2.56. The third-order valence-corrected chi connectivity index (χ3v) is 2.56. The highest BCUT2D eigenvalue weighted by atomic mass is 16.4. The van der Waals surface area contributed by atoms with Crippen molar-refractivity contribution in [2.24, 2.45) is 0 Å². The van der Waals surface area contributed by atoms with E-state index < -0.39 is 5.97 Å². The number of nitrogens with one attached hydrogen (secondary N) is 1. The number of nitrogens with zero attached hydrogens (tertiary/aromatic N) is 1. The number of aromatic amines is 1. The molecule has 1 heterocycles. The van der Waals surface area contributed by atoms with Crippen molar-refractivity contribution in [3.8, 4) is 0 Å². The lowest BCUT2D eigenvalue weighted by Gasteiger charge is -1.97. The van der Waals surface area contributed by atoms with Gasteiger partial charge in [0.25, 0.3) is 0 Å². The monoisotopic (exact) mass is 236 g/mol. The fraction of sp³-hybridized carbons (Fsp3) is 0.538. The van der Waals surface area contributed by atoms with Crippen molar-refractivity contribution < 1.29 is 9.90 Å². The van der Waals surface area contributed by atoms with Crippen molar-refractivity contribution in [1.82, 2.24) is 9.97 Å². The van der Waals surface area contributed by atoms with Gasteiger partial charge < -0.3 is 10.1 Å². The summed E-state index contributed by atoms with van der Waals surface area (Å²) in [6.07, 6.45) is 11.5. The quantitative estimate of drug-likeness (QED) is 0.538. The predicted octanol–water partition coefficient (Wildman–Crippen LogP) is 3.02. The smallest absolute Gasteiger partial charge is 0.328 e. The maximum absolute atomic E-state index is 10.3. The minimum atomic E-state index is -0.950. The molecule has 0 atom stereocenters. The van der Waals surface area contributed by atoms with Gasteiger partial charge in [-0.2, -0.15) is 0 Å². The summed E-state index contributed by atoms with van der Waals surface area (Å²) in [7, 11) is 0. The number of aromatic nitrogens is 2. The lowest BCUT2D eigenvalue weighted by Crippen LogP contribution is -1.89. The summed E-state index contributed by atoms with van der Waals surface area (Å²) >= 11 is 0. The summed E-state index contributed by atoms with van der Waals surface area (Å²) in [6.45, 7) is 2.20. The van der Waals surface area contributed by atoms with Gasteiger partial charge in [0.2, 0.25) is 0 Å². The number of H-pyrrole nitrogens is 1. The number of hydrogen-bond acceptors (Lipinski definition) is 2. The number of imidazole rings is 1. The summed E-state index contributed by atoms with van der Waals surface area (Å²) in [5.41, 5.74) is 0.677. The number of carboxylic acids is 1. The average molecular weight is 236 g/mol. The van der Waals surface area contributed by atoms with Crippen LogP contribution in [0.4, 0.5) is 0 Å². The average Bonchev–Trinajstić information content (AvgIpc) is 2.74. The van der Waals surface area contributed by atoms with Crippen molar-refractivity contribution in [3.05, 3.63) is 23.8 Å². The summed E-state index contributed by atoms with van der Waals surface area (Å²) in [5.74, 6) is -0.0133. The number of carboxylic acid groups (broad SMARTS) is 1. The SMILES string of the molecule is CCCCCCCc1nc(C=CC(=O)O)c[nH]1. The van der Waals surface area contributed by atoms with Crippen molar-refractivity contribution in [2.45, 2.75) is 45.4 Å². The number of aliphatic carboxylic acids is 1. The van der Waals surface area contributed by atoms with Gasteiger partial charge in [0.1, 0.15) is 5.82 Å². The van der Waals surface area contributed by atoms with E-state index in [-0.39, 0.29) is 0 Å². The molecule has 0 spiro atoms. The zero-order valence-corrected chi connectivity index (χ0v) is 10.3. The molecule has 17 heavy (non-hydrogen) atoms. The molecule has 0 aliphatic heterocycles. The molecule has 0 saturated carbocycles. The molecule has 0 aliphatic carbocycles. The molecule has 1 aromatic rings. The van der Waals surface area contributed by atoms with Crippen LogP contribution >= 0.6 is 0 Å². The molecule has 1 rings (SSSR count). The van der Waals surface area contributed by atoms with Gasteiger partial charge in [-0.15, -0.1) is 0 Å². The highest BCUT2D eigenvalue weighted by Gasteiger charge is 1.99. The minimum absolute atomic E-state index is 0.677. The van der Waals surface area contributed by atoms with Crippen LogP contribution in [0.2, 0.25) is 0 Å². The zero-order chi connectivity index (χ0) is 12.5. The fourth-order valence-corrected chi connectivity index (χ4v) is 1.64. The molecular formula is C13H20N2O2. The second kappa shape index (κ2) is 7.65. The second-order valence-electron chi connectivity index (χ2n) is 4.11. The van der Waals surface area contributed by atoms with E-state index in [0.717, 1.165) is 24.7 Å². The van der Waals surface area contributed by atoms with Gasteiger partial charge in [0.05, 0.1) is 5.69 Å². The Morgan fingerprint density at radius 1 is 1.41 bits per heavy atom. The van der Waals surface area contributed by atoms with E-state index >= 15 is 0 Å². The predicted molar refractivity (Wildman–Crippen MR) is 67.7 cm³/mol. The Bertz CT molecular complexity index is 369. The van der Waals surface area contributed by atoms with Gasteiger partial charge in [-0.3, -0.25) is 0 Å². The molecule has 4 heteroatoms. The summed E-state index contributed by atoms with van der Waals surface area (Å²) in [4.78, 5) is 17.7. The number of hydrogen-bond donors (Lipinski definition) is 2. The number of aryl methyl sites for hydroxylation is 1. The Kier molecular flexibility index (Phi) is 6.07. The van der Waals surface area contributed by atoms with Crippen LogP contribution in [0.5, 0.6) is 0 Å². The lowest BCUT2D eigenvalue weighted by atomic mass is 10.1. The van der Waals surface area contributed by atoms with E-state index in [4.69, 9.17) is 5.11 Å². The molecule has 94 valence electrons. The third kappa shape index (κ3) is 5.90. The van der Waals surface area contributed by atoms with E-state index in [9.17, 15) is 4.79 Å². The second-order valence-corrected chi connectivity index (χ2v) is 4.11. The number of carbonyl (C=O) groups is 1. The molecule has 2 N–H and O–H groups in total. The first-order valence-corrected chi connectivity index (χ1v) is 6.17. The van der Waals surface area contributed by atoms with Crippen LogP contribution in [0.15, 0.2) is 12.3 Å². The highest BCUT2D eigenvalue weighted by Crippen LogP contribution is 2.07. The Labute approximate surface area is 102 Å². The van der Waals surface area contributed by atoms with Crippen LogP contribution in [0, 0.1) is 0 Å². The van der Waals surface area contributed by atoms with Crippen LogP contribution in [0.1, 0.15) is 50.5 Å². The molecule has 0 aliphatic rings. The van der Waals surface area contributed by atoms with E-state index in [1.165, 1.54) is 31.8 Å². The van der Waals surface area contributed by atoms with Gasteiger partial charge in [-0.05, 0) is 12.5 Å². The molecule has 0 radical (unpaired) electrons. The van der Waals surface area contributed by atoms with Gasteiger partial charge in [-0.1, -0.05) is 32.6 Å². The maximum atomic E-state index is 10.3. The fourth-order valence-electron chi connectivity index (χ4n) is 1.64. The molecule has 1 aromatic heterocycles. The maximum Gasteiger partial charge on any atom is 0.328 e. The summed E-state index contributed by atoms with van der Waals surface area (Å²) < 4.78 is 0. The molecule has 4 nitrogen and oxygen atoms in total. The molecule has 0 aromatic carbocycles. The Morgan fingerprint density at radius 3 is 2.88 bits per heavy atom. The Hall–Kier alpha value is -1.58. The number of rotatable bonds is 8. The molecule has 0 bridgehead atoms. The van der Waals surface area contributed by atoms with E-state index in [2.05, 4.69) is 16.9 Å². The summed E-state index contributed by atoms with van der Waals surface area (Å²) in [6, 6.07) is 0. The van der Waals surface area contributed by atoms with Gasteiger partial charge in [-0.25, -0.2) is 9.78 Å². The molecule has 0 amide bonds. The van der Waals surface area contributed by atoms with Crippen molar-refractivity contribution in [2.75, 3.05) is 0 Å². The van der Waals surface area contributed by atoms with Crippen LogP contribution in [-0.4, -0.2) is 21.0 Å². The van der Waals surface area contributed by atoms with Crippen LogP contribution < -0.4 is 0 Å². The molecule has 0 saturated heterocycles. The molecule has 0 unspecified atom stereocenters. The van der Waals surface area contributed by atoms with Crippen LogP contribution in [-0.2, 0) is 11.2 Å². The first kappa shape index (κ1) is 13.5. The van der Waals surface area contributed by atoms with Gasteiger partial charge in [0.15, 0.2) is 0 Å². The Balaban J connectivity index is 2.28.